The second-order valence-corrected chi connectivity index (χ2v) is 7.31. The summed E-state index contributed by atoms with van der Waals surface area (Å²) in [6, 6.07) is 11.3. The molecule has 24 heavy (non-hydrogen) atoms. The molecule has 128 valence electrons. The van der Waals surface area contributed by atoms with Crippen molar-refractivity contribution in [1.29, 1.82) is 0 Å². The van der Waals surface area contributed by atoms with E-state index in [1.54, 1.807) is 0 Å². The quantitative estimate of drug-likeness (QED) is 0.468. The van der Waals surface area contributed by atoms with E-state index >= 15 is 0 Å². The third-order valence-electron chi connectivity index (χ3n) is 3.30. The van der Waals surface area contributed by atoms with Crippen LogP contribution in [-0.2, 0) is 9.84 Å². The van der Waals surface area contributed by atoms with E-state index in [2.05, 4.69) is 5.32 Å². The molecule has 0 aliphatic carbocycles. The van der Waals surface area contributed by atoms with Gasteiger partial charge in [-0.1, -0.05) is 17.7 Å². The second-order valence-electron chi connectivity index (χ2n) is 5.30. The summed E-state index contributed by atoms with van der Waals surface area (Å²) in [5, 5.41) is 14.0. The highest BCUT2D eigenvalue weighted by Crippen LogP contribution is 2.27. The summed E-state index contributed by atoms with van der Waals surface area (Å²) < 4.78 is 28.5. The van der Waals surface area contributed by atoms with Crippen LogP contribution in [0.3, 0.4) is 0 Å². The molecule has 2 aromatic rings. The van der Waals surface area contributed by atoms with Crippen LogP contribution in [0.5, 0.6) is 5.75 Å². The lowest BCUT2D eigenvalue weighted by Gasteiger charge is -2.10. The van der Waals surface area contributed by atoms with Crippen LogP contribution >= 0.6 is 0 Å². The number of sulfone groups is 1. The Morgan fingerprint density at radius 2 is 1.83 bits per heavy atom. The van der Waals surface area contributed by atoms with Gasteiger partial charge in [-0.2, -0.15) is 0 Å². The first-order valence-electron chi connectivity index (χ1n) is 7.19. The summed E-state index contributed by atoms with van der Waals surface area (Å²) in [5.41, 5.74) is 1.09. The highest BCUT2D eigenvalue weighted by molar-refractivity contribution is 7.90. The number of nitro benzene ring substituents is 1. The van der Waals surface area contributed by atoms with Gasteiger partial charge in [0.15, 0.2) is 9.84 Å². The van der Waals surface area contributed by atoms with Gasteiger partial charge in [0.25, 0.3) is 5.69 Å². The van der Waals surface area contributed by atoms with Gasteiger partial charge in [0.2, 0.25) is 0 Å². The number of benzene rings is 2. The van der Waals surface area contributed by atoms with Crippen LogP contribution in [0.15, 0.2) is 47.4 Å². The molecule has 2 rings (SSSR count). The zero-order valence-corrected chi connectivity index (χ0v) is 14.2. The number of ether oxygens (including phenoxy) is 1. The molecule has 0 aliphatic heterocycles. The van der Waals surface area contributed by atoms with E-state index in [9.17, 15) is 18.5 Å². The van der Waals surface area contributed by atoms with E-state index in [1.165, 1.54) is 12.1 Å². The number of hydrogen-bond donors (Lipinski definition) is 1. The maximum absolute atomic E-state index is 11.5. The van der Waals surface area contributed by atoms with Crippen molar-refractivity contribution >= 4 is 21.2 Å². The van der Waals surface area contributed by atoms with Gasteiger partial charge in [0, 0.05) is 18.9 Å². The number of anilines is 1. The molecule has 8 heteroatoms. The van der Waals surface area contributed by atoms with Crippen LogP contribution in [0.25, 0.3) is 0 Å². The Labute approximate surface area is 140 Å². The minimum Gasteiger partial charge on any atom is -0.492 e. The van der Waals surface area contributed by atoms with Crippen molar-refractivity contribution in [2.45, 2.75) is 11.8 Å². The van der Waals surface area contributed by atoms with Gasteiger partial charge in [0.05, 0.1) is 9.82 Å². The van der Waals surface area contributed by atoms with Crippen molar-refractivity contribution in [3.8, 4) is 5.75 Å². The maximum atomic E-state index is 11.5. The van der Waals surface area contributed by atoms with Gasteiger partial charge in [-0.15, -0.1) is 0 Å². The lowest BCUT2D eigenvalue weighted by atomic mass is 10.2. The summed E-state index contributed by atoms with van der Waals surface area (Å²) in [5.74, 6) is 0.712. The minimum absolute atomic E-state index is 0.0874. The van der Waals surface area contributed by atoms with E-state index in [1.807, 2.05) is 31.2 Å². The van der Waals surface area contributed by atoms with E-state index in [0.29, 0.717) is 18.9 Å². The average Bonchev–Trinajstić information content (AvgIpc) is 2.52. The van der Waals surface area contributed by atoms with Crippen LogP contribution in [0.1, 0.15) is 5.56 Å². The molecule has 0 unspecified atom stereocenters. The Bertz CT molecular complexity index is 832. The molecular weight excluding hydrogens is 332 g/mol. The monoisotopic (exact) mass is 350 g/mol. The first kappa shape index (κ1) is 17.7. The summed E-state index contributed by atoms with van der Waals surface area (Å²) in [7, 11) is -3.50. The van der Waals surface area contributed by atoms with Gasteiger partial charge in [-0.05, 0) is 31.2 Å². The van der Waals surface area contributed by atoms with Gasteiger partial charge in [-0.25, -0.2) is 8.42 Å². The molecule has 0 spiro atoms. The molecule has 0 fully saturated rings. The molecule has 0 aromatic heterocycles. The van der Waals surface area contributed by atoms with E-state index in [0.717, 1.165) is 17.9 Å². The highest BCUT2D eigenvalue weighted by atomic mass is 32.2. The predicted octanol–water partition coefficient (Wildman–Crippen LogP) is 2.80. The van der Waals surface area contributed by atoms with Crippen LogP contribution in [0, 0.1) is 17.0 Å². The number of nitro groups is 1. The lowest BCUT2D eigenvalue weighted by molar-refractivity contribution is -0.384. The van der Waals surface area contributed by atoms with Crippen molar-refractivity contribution < 1.29 is 18.1 Å². The molecule has 0 atom stereocenters. The number of hydrogen-bond acceptors (Lipinski definition) is 6. The molecule has 7 nitrogen and oxygen atoms in total. The third kappa shape index (κ3) is 4.69. The lowest BCUT2D eigenvalue weighted by Crippen LogP contribution is -2.13. The normalized spacial score (nSPS) is 11.1. The second kappa shape index (κ2) is 7.31. The SMILES string of the molecule is Cc1ccc(OCCNc2ccc(S(C)(=O)=O)cc2[N+](=O)[O-])cc1. The van der Waals surface area contributed by atoms with Crippen molar-refractivity contribution in [3.05, 3.63) is 58.1 Å². The number of rotatable bonds is 7. The summed E-state index contributed by atoms with van der Waals surface area (Å²) in [4.78, 5) is 10.4. The fourth-order valence-corrected chi connectivity index (χ4v) is 2.67. The molecule has 0 amide bonds. The van der Waals surface area contributed by atoms with Gasteiger partial charge in [-0.3, -0.25) is 10.1 Å². The Hall–Kier alpha value is -2.61. The average molecular weight is 350 g/mol. The largest absolute Gasteiger partial charge is 0.492 e. The molecule has 0 aliphatic rings. The minimum atomic E-state index is -3.50. The molecule has 2 aromatic carbocycles. The van der Waals surface area contributed by atoms with E-state index in [4.69, 9.17) is 4.74 Å². The van der Waals surface area contributed by atoms with Crippen molar-refractivity contribution in [1.82, 2.24) is 0 Å². The summed E-state index contributed by atoms with van der Waals surface area (Å²) >= 11 is 0. The van der Waals surface area contributed by atoms with Crippen LogP contribution in [0.4, 0.5) is 11.4 Å². The number of aryl methyl sites for hydroxylation is 1. The van der Waals surface area contributed by atoms with Crippen molar-refractivity contribution in [3.63, 3.8) is 0 Å². The number of nitrogens with zero attached hydrogens (tertiary/aromatic N) is 1. The Balaban J connectivity index is 2.01. The molecule has 1 N–H and O–H groups in total. The van der Waals surface area contributed by atoms with Gasteiger partial charge >= 0.3 is 0 Å². The van der Waals surface area contributed by atoms with Crippen molar-refractivity contribution in [2.75, 3.05) is 24.7 Å². The van der Waals surface area contributed by atoms with Crippen LogP contribution in [-0.4, -0.2) is 32.7 Å². The molecule has 0 radical (unpaired) electrons. The Morgan fingerprint density at radius 1 is 1.17 bits per heavy atom. The molecule has 0 saturated carbocycles. The predicted molar refractivity (Wildman–Crippen MR) is 91.4 cm³/mol. The first-order chi connectivity index (χ1) is 11.3. The number of nitrogens with one attached hydrogen (secondary N) is 1. The molecule has 0 heterocycles. The zero-order chi connectivity index (χ0) is 17.7. The zero-order valence-electron chi connectivity index (χ0n) is 13.4. The smallest absolute Gasteiger partial charge is 0.293 e. The van der Waals surface area contributed by atoms with Crippen LogP contribution < -0.4 is 10.1 Å². The standard InChI is InChI=1S/C16H18N2O5S/c1-12-3-5-13(6-4-12)23-10-9-17-15-8-7-14(24(2,21)22)11-16(15)18(19)20/h3-8,11,17H,9-10H2,1-2H3. The van der Waals surface area contributed by atoms with E-state index < -0.39 is 14.8 Å². The third-order valence-corrected chi connectivity index (χ3v) is 4.41. The Morgan fingerprint density at radius 3 is 2.42 bits per heavy atom. The summed E-state index contributed by atoms with van der Waals surface area (Å²) in [6.45, 7) is 2.63. The topological polar surface area (TPSA) is 98.5 Å². The first-order valence-corrected chi connectivity index (χ1v) is 9.08. The Kier molecular flexibility index (Phi) is 5.40. The van der Waals surface area contributed by atoms with Gasteiger partial charge in [0.1, 0.15) is 18.0 Å². The van der Waals surface area contributed by atoms with Crippen molar-refractivity contribution in [2.24, 2.45) is 0 Å². The molecule has 0 bridgehead atoms. The maximum Gasteiger partial charge on any atom is 0.293 e. The fraction of sp³-hybridized carbons (Fsp3) is 0.250. The molecular formula is C16H18N2O5S. The van der Waals surface area contributed by atoms with Crippen LogP contribution in [0.2, 0.25) is 0 Å². The highest BCUT2D eigenvalue weighted by Gasteiger charge is 2.18. The summed E-state index contributed by atoms with van der Waals surface area (Å²) in [6.07, 6.45) is 1.01. The fourth-order valence-electron chi connectivity index (χ4n) is 2.03. The van der Waals surface area contributed by atoms with E-state index in [-0.39, 0.29) is 16.3 Å². The molecule has 0 saturated heterocycles. The van der Waals surface area contributed by atoms with Gasteiger partial charge < -0.3 is 10.1 Å².